The first-order chi connectivity index (χ1) is 6.90. The van der Waals surface area contributed by atoms with Crippen molar-refractivity contribution in [2.75, 3.05) is 38.3 Å². The summed E-state index contributed by atoms with van der Waals surface area (Å²) in [4.78, 5) is 1.98. The molecule has 1 fully saturated rings. The highest BCUT2D eigenvalue weighted by atomic mass is 16.5. The zero-order valence-electron chi connectivity index (χ0n) is 7.88. The van der Waals surface area contributed by atoms with Crippen LogP contribution < -0.4 is 9.64 Å². The SMILES string of the molecule is COc1nnc(N2CCOCC2)nn1. The number of methoxy groups -OCH3 is 1. The van der Waals surface area contributed by atoms with E-state index in [1.54, 1.807) is 0 Å². The van der Waals surface area contributed by atoms with Crippen LogP contribution >= 0.6 is 0 Å². The highest BCUT2D eigenvalue weighted by Crippen LogP contribution is 2.07. The standard InChI is InChI=1S/C7H11N5O2/c1-13-7-10-8-6(9-11-7)12-2-4-14-5-3-12/h2-5H2,1H3. The quantitative estimate of drug-likeness (QED) is 0.609. The van der Waals surface area contributed by atoms with Crippen LogP contribution in [-0.2, 0) is 4.74 Å². The Kier molecular flexibility index (Phi) is 2.68. The van der Waals surface area contributed by atoms with Crippen molar-refractivity contribution in [2.45, 2.75) is 0 Å². The first-order valence-corrected chi connectivity index (χ1v) is 4.34. The Morgan fingerprint density at radius 3 is 2.36 bits per heavy atom. The smallest absolute Gasteiger partial charge is 0.354 e. The largest absolute Gasteiger partial charge is 0.465 e. The maximum atomic E-state index is 5.20. The molecule has 0 N–H and O–H groups in total. The van der Waals surface area contributed by atoms with E-state index >= 15 is 0 Å². The molecule has 0 radical (unpaired) electrons. The molecular weight excluding hydrogens is 186 g/mol. The van der Waals surface area contributed by atoms with Crippen LogP contribution in [0.15, 0.2) is 0 Å². The van der Waals surface area contributed by atoms with Crippen molar-refractivity contribution in [1.29, 1.82) is 0 Å². The van der Waals surface area contributed by atoms with Gasteiger partial charge in [0.05, 0.1) is 20.3 Å². The van der Waals surface area contributed by atoms with Crippen molar-refractivity contribution in [2.24, 2.45) is 0 Å². The molecule has 0 saturated carbocycles. The minimum Gasteiger partial charge on any atom is -0.465 e. The number of aromatic nitrogens is 4. The lowest BCUT2D eigenvalue weighted by Crippen LogP contribution is -2.37. The molecule has 0 aliphatic carbocycles. The van der Waals surface area contributed by atoms with Gasteiger partial charge in [-0.25, -0.2) is 0 Å². The number of morpholine rings is 1. The molecule has 0 atom stereocenters. The summed E-state index contributed by atoms with van der Waals surface area (Å²) in [5.41, 5.74) is 0. The number of rotatable bonds is 2. The van der Waals surface area contributed by atoms with Crippen molar-refractivity contribution in [1.82, 2.24) is 20.4 Å². The van der Waals surface area contributed by atoms with Crippen LogP contribution in [0.3, 0.4) is 0 Å². The lowest BCUT2D eigenvalue weighted by molar-refractivity contribution is 0.121. The van der Waals surface area contributed by atoms with Gasteiger partial charge in [0.15, 0.2) is 0 Å². The van der Waals surface area contributed by atoms with Gasteiger partial charge in [-0.3, -0.25) is 0 Å². The van der Waals surface area contributed by atoms with Gasteiger partial charge in [-0.05, 0) is 0 Å². The Balaban J connectivity index is 2.07. The Labute approximate surface area is 81.1 Å². The summed E-state index contributed by atoms with van der Waals surface area (Å²) < 4.78 is 9.97. The molecule has 0 spiro atoms. The molecule has 1 aliphatic heterocycles. The fraction of sp³-hybridized carbons (Fsp3) is 0.714. The second-order valence-electron chi connectivity index (χ2n) is 2.79. The summed E-state index contributed by atoms with van der Waals surface area (Å²) in [6.07, 6.45) is 0. The van der Waals surface area contributed by atoms with Crippen molar-refractivity contribution in [3.63, 3.8) is 0 Å². The second-order valence-corrected chi connectivity index (χ2v) is 2.79. The first-order valence-electron chi connectivity index (χ1n) is 4.34. The van der Waals surface area contributed by atoms with Gasteiger partial charge in [0, 0.05) is 13.1 Å². The molecule has 2 rings (SSSR count). The monoisotopic (exact) mass is 197 g/mol. The Morgan fingerprint density at radius 1 is 1.14 bits per heavy atom. The van der Waals surface area contributed by atoms with E-state index in [0.717, 1.165) is 13.1 Å². The molecule has 76 valence electrons. The minimum atomic E-state index is 0.182. The zero-order valence-corrected chi connectivity index (χ0v) is 7.88. The summed E-state index contributed by atoms with van der Waals surface area (Å²) in [6.45, 7) is 2.93. The van der Waals surface area contributed by atoms with Crippen molar-refractivity contribution in [3.8, 4) is 6.01 Å². The molecule has 1 aromatic rings. The van der Waals surface area contributed by atoms with Gasteiger partial charge < -0.3 is 14.4 Å². The third-order valence-electron chi connectivity index (χ3n) is 1.93. The summed E-state index contributed by atoms with van der Waals surface area (Å²) in [7, 11) is 1.48. The highest BCUT2D eigenvalue weighted by Gasteiger charge is 2.14. The molecule has 1 aliphatic rings. The van der Waals surface area contributed by atoms with Crippen molar-refractivity contribution in [3.05, 3.63) is 0 Å². The van der Waals surface area contributed by atoms with Crippen LogP contribution in [-0.4, -0.2) is 53.8 Å². The van der Waals surface area contributed by atoms with E-state index in [9.17, 15) is 0 Å². The molecule has 0 aromatic carbocycles. The Bertz CT molecular complexity index is 285. The molecule has 2 heterocycles. The van der Waals surface area contributed by atoms with E-state index in [1.165, 1.54) is 7.11 Å². The van der Waals surface area contributed by atoms with Crippen LogP contribution in [0.1, 0.15) is 0 Å². The molecule has 1 saturated heterocycles. The van der Waals surface area contributed by atoms with Crippen molar-refractivity contribution >= 4 is 5.95 Å². The number of ether oxygens (including phenoxy) is 2. The highest BCUT2D eigenvalue weighted by molar-refractivity contribution is 5.26. The van der Waals surface area contributed by atoms with Crippen LogP contribution in [0.2, 0.25) is 0 Å². The fourth-order valence-corrected chi connectivity index (χ4v) is 1.19. The summed E-state index contributed by atoms with van der Waals surface area (Å²) >= 11 is 0. The van der Waals surface area contributed by atoms with Gasteiger partial charge in [-0.2, -0.15) is 0 Å². The predicted molar refractivity (Wildman–Crippen MR) is 47.2 cm³/mol. The maximum Gasteiger partial charge on any atom is 0.354 e. The van der Waals surface area contributed by atoms with Crippen LogP contribution in [0.4, 0.5) is 5.95 Å². The Hall–Kier alpha value is -1.50. The topological polar surface area (TPSA) is 73.3 Å². The van der Waals surface area contributed by atoms with E-state index in [4.69, 9.17) is 9.47 Å². The predicted octanol–water partition coefficient (Wildman–Crippen LogP) is -0.888. The lowest BCUT2D eigenvalue weighted by Gasteiger charge is -2.25. The van der Waals surface area contributed by atoms with Crippen LogP contribution in [0.25, 0.3) is 0 Å². The number of hydrogen-bond acceptors (Lipinski definition) is 7. The van der Waals surface area contributed by atoms with Gasteiger partial charge in [-0.1, -0.05) is 10.2 Å². The van der Waals surface area contributed by atoms with E-state index in [2.05, 4.69) is 20.4 Å². The number of hydrogen-bond donors (Lipinski definition) is 0. The molecular formula is C7H11N5O2. The summed E-state index contributed by atoms with van der Waals surface area (Å²) in [6, 6.07) is 0.182. The molecule has 7 heteroatoms. The van der Waals surface area contributed by atoms with E-state index in [1.807, 2.05) is 4.90 Å². The average Bonchev–Trinajstić information content (AvgIpc) is 2.30. The number of nitrogens with zero attached hydrogens (tertiary/aromatic N) is 5. The van der Waals surface area contributed by atoms with Crippen LogP contribution in [0, 0.1) is 0 Å². The summed E-state index contributed by atoms with van der Waals surface area (Å²) in [5.74, 6) is 0.522. The lowest BCUT2D eigenvalue weighted by atomic mass is 10.4. The normalized spacial score (nSPS) is 16.8. The van der Waals surface area contributed by atoms with Gasteiger partial charge in [-0.15, -0.1) is 10.2 Å². The molecule has 7 nitrogen and oxygen atoms in total. The van der Waals surface area contributed by atoms with Gasteiger partial charge in [0.1, 0.15) is 0 Å². The summed E-state index contributed by atoms with van der Waals surface area (Å²) in [5, 5.41) is 15.3. The molecule has 14 heavy (non-hydrogen) atoms. The second kappa shape index (κ2) is 4.14. The van der Waals surface area contributed by atoms with Crippen LogP contribution in [0.5, 0.6) is 6.01 Å². The molecule has 0 unspecified atom stereocenters. The molecule has 1 aromatic heterocycles. The molecule has 0 amide bonds. The Morgan fingerprint density at radius 2 is 1.79 bits per heavy atom. The third kappa shape index (κ3) is 1.87. The van der Waals surface area contributed by atoms with E-state index < -0.39 is 0 Å². The first kappa shape index (κ1) is 9.07. The van der Waals surface area contributed by atoms with E-state index in [0.29, 0.717) is 19.2 Å². The van der Waals surface area contributed by atoms with Gasteiger partial charge >= 0.3 is 6.01 Å². The fourth-order valence-electron chi connectivity index (χ4n) is 1.19. The minimum absolute atomic E-state index is 0.182. The zero-order chi connectivity index (χ0) is 9.80. The average molecular weight is 197 g/mol. The van der Waals surface area contributed by atoms with Crippen molar-refractivity contribution < 1.29 is 9.47 Å². The maximum absolute atomic E-state index is 5.20. The van der Waals surface area contributed by atoms with Gasteiger partial charge in [0.25, 0.3) is 5.95 Å². The third-order valence-corrected chi connectivity index (χ3v) is 1.93. The molecule has 0 bridgehead atoms. The van der Waals surface area contributed by atoms with E-state index in [-0.39, 0.29) is 6.01 Å². The van der Waals surface area contributed by atoms with Gasteiger partial charge in [0.2, 0.25) is 0 Å². The number of anilines is 1.